The number of aromatic nitrogens is 4. The van der Waals surface area contributed by atoms with Crippen LogP contribution in [0.25, 0.3) is 99.0 Å². The van der Waals surface area contributed by atoms with E-state index in [0.717, 1.165) is 60.9 Å². The third-order valence-corrected chi connectivity index (χ3v) is 9.80. The van der Waals surface area contributed by atoms with Gasteiger partial charge < -0.3 is 0 Å². The predicted molar refractivity (Wildman–Crippen MR) is 207 cm³/mol. The summed E-state index contributed by atoms with van der Waals surface area (Å²) in [6.07, 6.45) is 5.62. The highest BCUT2D eigenvalue weighted by molar-refractivity contribution is 6.15. The first-order chi connectivity index (χ1) is 24.8. The Morgan fingerprint density at radius 1 is 0.340 bits per heavy atom. The van der Waals surface area contributed by atoms with Crippen LogP contribution in [-0.2, 0) is 0 Å². The van der Waals surface area contributed by atoms with Crippen molar-refractivity contribution < 1.29 is 0 Å². The van der Waals surface area contributed by atoms with Gasteiger partial charge in [-0.1, -0.05) is 115 Å². The summed E-state index contributed by atoms with van der Waals surface area (Å²) in [5, 5.41) is 11.7. The van der Waals surface area contributed by atoms with Gasteiger partial charge in [0.25, 0.3) is 0 Å². The van der Waals surface area contributed by atoms with Crippen molar-refractivity contribution in [1.29, 1.82) is 0 Å². The molecule has 10 aromatic rings. The molecule has 232 valence electrons. The zero-order chi connectivity index (χ0) is 33.0. The Balaban J connectivity index is 1.22. The number of pyridine rings is 2. The van der Waals surface area contributed by atoms with Crippen LogP contribution < -0.4 is 0 Å². The van der Waals surface area contributed by atoms with E-state index in [1.54, 1.807) is 0 Å². The third-order valence-electron chi connectivity index (χ3n) is 9.80. The molecule has 0 N–H and O–H groups in total. The summed E-state index contributed by atoms with van der Waals surface area (Å²) in [6.45, 7) is 0. The first kappa shape index (κ1) is 28.3. The largest absolute Gasteiger partial charge is 0.264 e. The summed E-state index contributed by atoms with van der Waals surface area (Å²) >= 11 is 0. The molecule has 7 aromatic carbocycles. The Hall–Kier alpha value is -6.78. The van der Waals surface area contributed by atoms with E-state index in [2.05, 4.69) is 151 Å². The van der Waals surface area contributed by atoms with E-state index in [1.165, 1.54) is 32.3 Å². The van der Waals surface area contributed by atoms with Crippen LogP contribution in [0.3, 0.4) is 0 Å². The average molecular weight is 637 g/mol. The summed E-state index contributed by atoms with van der Waals surface area (Å²) in [7, 11) is 0. The second kappa shape index (κ2) is 11.4. The first-order valence-electron chi connectivity index (χ1n) is 16.8. The van der Waals surface area contributed by atoms with Crippen LogP contribution in [0.1, 0.15) is 0 Å². The maximum absolute atomic E-state index is 5.29. The van der Waals surface area contributed by atoms with Gasteiger partial charge >= 0.3 is 0 Å². The van der Waals surface area contributed by atoms with E-state index < -0.39 is 0 Å². The Morgan fingerprint density at radius 3 is 1.50 bits per heavy atom. The van der Waals surface area contributed by atoms with E-state index >= 15 is 0 Å². The van der Waals surface area contributed by atoms with Crippen molar-refractivity contribution in [2.75, 3.05) is 0 Å². The number of fused-ring (bicyclic) bond motifs is 7. The molecule has 0 amide bonds. The predicted octanol–water partition coefficient (Wildman–Crippen LogP) is 11.7. The van der Waals surface area contributed by atoms with Crippen LogP contribution in [0.2, 0.25) is 0 Å². The molecule has 0 aliphatic rings. The van der Waals surface area contributed by atoms with Gasteiger partial charge in [0.05, 0.1) is 17.1 Å². The van der Waals surface area contributed by atoms with Gasteiger partial charge in [-0.2, -0.15) is 0 Å². The van der Waals surface area contributed by atoms with Gasteiger partial charge in [0.15, 0.2) is 5.82 Å². The van der Waals surface area contributed by atoms with Crippen LogP contribution in [0.5, 0.6) is 0 Å². The fourth-order valence-corrected chi connectivity index (χ4v) is 7.41. The lowest BCUT2D eigenvalue weighted by Gasteiger charge is -2.15. The molecule has 0 saturated heterocycles. The summed E-state index contributed by atoms with van der Waals surface area (Å²) in [5.41, 5.74) is 6.66. The van der Waals surface area contributed by atoms with Gasteiger partial charge in [0.2, 0.25) is 0 Å². The molecule has 0 atom stereocenters. The highest BCUT2D eigenvalue weighted by atomic mass is 14.9. The van der Waals surface area contributed by atoms with Gasteiger partial charge in [-0.05, 0) is 84.9 Å². The molecule has 0 aliphatic heterocycles. The van der Waals surface area contributed by atoms with Crippen molar-refractivity contribution in [3.8, 4) is 45.2 Å². The average Bonchev–Trinajstić information content (AvgIpc) is 3.20. The van der Waals surface area contributed by atoms with Gasteiger partial charge in [-0.3, -0.25) is 9.97 Å². The number of nitrogens with zero attached hydrogens (tertiary/aromatic N) is 4. The zero-order valence-electron chi connectivity index (χ0n) is 27.0. The SMILES string of the molecule is c1cc(-c2ccc(-c3nc(-c4cc5ccccc5c5ccccc45)cc(-c4cc5ccccc5c5ccccc45)n3)cn2)c2cnccc2c1. The van der Waals surface area contributed by atoms with E-state index in [9.17, 15) is 0 Å². The van der Waals surface area contributed by atoms with Gasteiger partial charge in [-0.25, -0.2) is 9.97 Å². The monoisotopic (exact) mass is 636 g/mol. The highest BCUT2D eigenvalue weighted by Gasteiger charge is 2.17. The molecule has 0 spiro atoms. The lowest BCUT2D eigenvalue weighted by molar-refractivity contribution is 1.18. The van der Waals surface area contributed by atoms with Crippen LogP contribution in [0.15, 0.2) is 170 Å². The van der Waals surface area contributed by atoms with Crippen molar-refractivity contribution in [3.63, 3.8) is 0 Å². The second-order valence-electron chi connectivity index (χ2n) is 12.7. The van der Waals surface area contributed by atoms with Crippen molar-refractivity contribution in [2.24, 2.45) is 0 Å². The van der Waals surface area contributed by atoms with Crippen molar-refractivity contribution in [3.05, 3.63) is 170 Å². The molecule has 0 unspecified atom stereocenters. The summed E-state index contributed by atoms with van der Waals surface area (Å²) < 4.78 is 0. The fourth-order valence-electron chi connectivity index (χ4n) is 7.41. The second-order valence-corrected chi connectivity index (χ2v) is 12.7. The molecule has 0 radical (unpaired) electrons. The third kappa shape index (κ3) is 4.61. The highest BCUT2D eigenvalue weighted by Crippen LogP contribution is 2.39. The Kier molecular flexibility index (Phi) is 6.46. The van der Waals surface area contributed by atoms with Crippen LogP contribution in [0, 0.1) is 0 Å². The Labute approximate surface area is 288 Å². The Bertz CT molecular complexity index is 2790. The molecule has 0 fully saturated rings. The standard InChI is InChI=1S/C46H28N4/c1-3-13-33-30(10-1)24-40(37-17-7-5-15-35(33)37)44-26-45(41-25-31-11-2-4-14-34(31)36-16-6-8-18-38(36)41)50-46(49-44)32-20-21-43(48-27-32)39-19-9-12-29-22-23-47-28-42(29)39/h1-28H. The lowest BCUT2D eigenvalue weighted by atomic mass is 9.93. The molecular formula is C46H28N4. The number of hydrogen-bond donors (Lipinski definition) is 0. The molecular weight excluding hydrogens is 609 g/mol. The maximum atomic E-state index is 5.29. The number of rotatable bonds is 4. The van der Waals surface area contributed by atoms with E-state index in [0.29, 0.717) is 5.82 Å². The fraction of sp³-hybridized carbons (Fsp3) is 0. The molecule has 3 aromatic heterocycles. The minimum atomic E-state index is 0.630. The Morgan fingerprint density at radius 2 is 0.900 bits per heavy atom. The van der Waals surface area contributed by atoms with E-state index in [-0.39, 0.29) is 0 Å². The normalized spacial score (nSPS) is 11.6. The molecule has 50 heavy (non-hydrogen) atoms. The topological polar surface area (TPSA) is 51.6 Å². The lowest BCUT2D eigenvalue weighted by Crippen LogP contribution is -1.98. The van der Waals surface area contributed by atoms with Gasteiger partial charge in [-0.15, -0.1) is 0 Å². The number of hydrogen-bond acceptors (Lipinski definition) is 4. The van der Waals surface area contributed by atoms with Crippen LogP contribution >= 0.6 is 0 Å². The van der Waals surface area contributed by atoms with Crippen molar-refractivity contribution in [2.45, 2.75) is 0 Å². The quantitative estimate of drug-likeness (QED) is 0.180. The molecule has 0 bridgehead atoms. The van der Waals surface area contributed by atoms with Crippen molar-refractivity contribution >= 4 is 53.9 Å². The molecule has 4 nitrogen and oxygen atoms in total. The van der Waals surface area contributed by atoms with E-state index in [4.69, 9.17) is 15.0 Å². The maximum Gasteiger partial charge on any atom is 0.161 e. The van der Waals surface area contributed by atoms with Crippen molar-refractivity contribution in [1.82, 2.24) is 19.9 Å². The molecule has 3 heterocycles. The van der Waals surface area contributed by atoms with Gasteiger partial charge in [0.1, 0.15) is 0 Å². The minimum absolute atomic E-state index is 0.630. The summed E-state index contributed by atoms with van der Waals surface area (Å²) in [6, 6.07) is 53.5. The summed E-state index contributed by atoms with van der Waals surface area (Å²) in [5.74, 6) is 0.630. The molecule has 4 heteroatoms. The molecule has 10 rings (SSSR count). The number of benzene rings is 7. The molecule has 0 aliphatic carbocycles. The van der Waals surface area contributed by atoms with Crippen LogP contribution in [-0.4, -0.2) is 19.9 Å². The van der Waals surface area contributed by atoms with E-state index in [1.807, 2.05) is 24.7 Å². The first-order valence-corrected chi connectivity index (χ1v) is 16.8. The molecule has 0 saturated carbocycles. The summed E-state index contributed by atoms with van der Waals surface area (Å²) in [4.78, 5) is 19.9. The van der Waals surface area contributed by atoms with Gasteiger partial charge in [0, 0.05) is 46.2 Å². The van der Waals surface area contributed by atoms with Crippen LogP contribution in [0.4, 0.5) is 0 Å². The minimum Gasteiger partial charge on any atom is -0.264 e. The smallest absolute Gasteiger partial charge is 0.161 e. The zero-order valence-corrected chi connectivity index (χ0v) is 27.0.